The van der Waals surface area contributed by atoms with Gasteiger partial charge >= 0.3 is 0 Å². The van der Waals surface area contributed by atoms with E-state index in [-0.39, 0.29) is 0 Å². The number of rotatable bonds is 2. The van der Waals surface area contributed by atoms with Crippen molar-refractivity contribution in [3.05, 3.63) is 28.2 Å². The molecule has 0 aliphatic carbocycles. The Morgan fingerprint density at radius 1 is 1.45 bits per heavy atom. The van der Waals surface area contributed by atoms with Gasteiger partial charge in [-0.25, -0.2) is 0 Å². The first-order valence-electron chi connectivity index (χ1n) is 3.72. The maximum absolute atomic E-state index is 9.48. The molecule has 1 aromatic rings. The fourth-order valence-electron chi connectivity index (χ4n) is 1.03. The SMILES string of the molecule is CCCc1cccc(Br)c1O. The zero-order valence-corrected chi connectivity index (χ0v) is 8.06. The van der Waals surface area contributed by atoms with E-state index in [1.807, 2.05) is 18.2 Å². The predicted molar refractivity (Wildman–Crippen MR) is 49.8 cm³/mol. The van der Waals surface area contributed by atoms with Crippen molar-refractivity contribution in [2.24, 2.45) is 0 Å². The van der Waals surface area contributed by atoms with E-state index in [1.54, 1.807) is 0 Å². The van der Waals surface area contributed by atoms with Crippen LogP contribution in [0.2, 0.25) is 0 Å². The molecule has 0 heterocycles. The Morgan fingerprint density at radius 2 is 2.18 bits per heavy atom. The Kier molecular flexibility index (Phi) is 2.94. The van der Waals surface area contributed by atoms with Crippen molar-refractivity contribution >= 4 is 15.9 Å². The second-order valence-electron chi connectivity index (χ2n) is 2.50. The minimum atomic E-state index is 0.384. The summed E-state index contributed by atoms with van der Waals surface area (Å²) >= 11 is 3.27. The lowest BCUT2D eigenvalue weighted by Gasteiger charge is -2.03. The lowest BCUT2D eigenvalue weighted by atomic mass is 10.1. The van der Waals surface area contributed by atoms with Crippen LogP contribution in [0.3, 0.4) is 0 Å². The van der Waals surface area contributed by atoms with E-state index in [1.165, 1.54) is 0 Å². The summed E-state index contributed by atoms with van der Waals surface area (Å²) in [7, 11) is 0. The van der Waals surface area contributed by atoms with Gasteiger partial charge in [-0.05, 0) is 34.0 Å². The molecule has 0 aromatic heterocycles. The monoisotopic (exact) mass is 214 g/mol. The molecule has 1 nitrogen and oxygen atoms in total. The number of aryl methyl sites for hydroxylation is 1. The highest BCUT2D eigenvalue weighted by Crippen LogP contribution is 2.27. The number of phenolic OH excluding ortho intramolecular Hbond substituents is 1. The zero-order valence-electron chi connectivity index (χ0n) is 6.47. The fraction of sp³-hybridized carbons (Fsp3) is 0.333. The molecule has 0 radical (unpaired) electrons. The summed E-state index contributed by atoms with van der Waals surface area (Å²) in [5.41, 5.74) is 1.02. The van der Waals surface area contributed by atoms with E-state index in [0.717, 1.165) is 22.9 Å². The second kappa shape index (κ2) is 3.77. The van der Waals surface area contributed by atoms with Crippen molar-refractivity contribution < 1.29 is 5.11 Å². The Morgan fingerprint density at radius 3 is 2.82 bits per heavy atom. The van der Waals surface area contributed by atoms with Crippen molar-refractivity contribution in [3.63, 3.8) is 0 Å². The van der Waals surface area contributed by atoms with Gasteiger partial charge in [0.2, 0.25) is 0 Å². The minimum absolute atomic E-state index is 0.384. The normalized spacial score (nSPS) is 10.0. The van der Waals surface area contributed by atoms with Gasteiger partial charge in [0, 0.05) is 0 Å². The molecule has 0 bridgehead atoms. The highest BCUT2D eigenvalue weighted by atomic mass is 79.9. The summed E-state index contributed by atoms with van der Waals surface area (Å²) in [6, 6.07) is 5.73. The van der Waals surface area contributed by atoms with Crippen molar-refractivity contribution in [2.45, 2.75) is 19.8 Å². The smallest absolute Gasteiger partial charge is 0.132 e. The lowest BCUT2D eigenvalue weighted by molar-refractivity contribution is 0.464. The molecular formula is C9H11BrO. The molecular weight excluding hydrogens is 204 g/mol. The van der Waals surface area contributed by atoms with Crippen LogP contribution in [0, 0.1) is 0 Å². The lowest BCUT2D eigenvalue weighted by Crippen LogP contribution is -1.83. The summed E-state index contributed by atoms with van der Waals surface area (Å²) < 4.78 is 0.781. The van der Waals surface area contributed by atoms with Gasteiger partial charge in [-0.1, -0.05) is 25.5 Å². The van der Waals surface area contributed by atoms with Gasteiger partial charge in [0.15, 0.2) is 0 Å². The van der Waals surface area contributed by atoms with Gasteiger partial charge in [0.25, 0.3) is 0 Å². The highest BCUT2D eigenvalue weighted by molar-refractivity contribution is 9.10. The standard InChI is InChI=1S/C9H11BrO/c1-2-4-7-5-3-6-8(10)9(7)11/h3,5-6,11H,2,4H2,1H3. The predicted octanol–water partition coefficient (Wildman–Crippen LogP) is 3.11. The van der Waals surface area contributed by atoms with Crippen LogP contribution in [0.1, 0.15) is 18.9 Å². The van der Waals surface area contributed by atoms with Crippen LogP contribution in [-0.4, -0.2) is 5.11 Å². The van der Waals surface area contributed by atoms with Crippen molar-refractivity contribution in [3.8, 4) is 5.75 Å². The van der Waals surface area contributed by atoms with Crippen LogP contribution in [-0.2, 0) is 6.42 Å². The number of hydrogen-bond donors (Lipinski definition) is 1. The number of para-hydroxylation sites is 1. The van der Waals surface area contributed by atoms with Crippen LogP contribution >= 0.6 is 15.9 Å². The Hall–Kier alpha value is -0.500. The maximum Gasteiger partial charge on any atom is 0.132 e. The first kappa shape index (κ1) is 8.60. The van der Waals surface area contributed by atoms with E-state index in [2.05, 4.69) is 22.9 Å². The highest BCUT2D eigenvalue weighted by Gasteiger charge is 2.01. The van der Waals surface area contributed by atoms with E-state index in [4.69, 9.17) is 0 Å². The molecule has 1 rings (SSSR count). The molecule has 0 aliphatic heterocycles. The van der Waals surface area contributed by atoms with Gasteiger partial charge in [-0.3, -0.25) is 0 Å². The summed E-state index contributed by atoms with van der Waals surface area (Å²) in [6.07, 6.45) is 2.00. The number of hydrogen-bond acceptors (Lipinski definition) is 1. The molecule has 0 spiro atoms. The molecule has 0 unspecified atom stereocenters. The van der Waals surface area contributed by atoms with E-state index in [0.29, 0.717) is 5.75 Å². The third-order valence-corrected chi connectivity index (χ3v) is 2.23. The van der Waals surface area contributed by atoms with Gasteiger partial charge < -0.3 is 5.11 Å². The van der Waals surface area contributed by atoms with Gasteiger partial charge in [0.05, 0.1) is 4.47 Å². The number of phenols is 1. The molecule has 1 N–H and O–H groups in total. The van der Waals surface area contributed by atoms with Crippen molar-refractivity contribution in [1.29, 1.82) is 0 Å². The molecule has 0 saturated carbocycles. The first-order valence-corrected chi connectivity index (χ1v) is 4.51. The van der Waals surface area contributed by atoms with Crippen LogP contribution in [0.25, 0.3) is 0 Å². The third-order valence-electron chi connectivity index (χ3n) is 1.59. The van der Waals surface area contributed by atoms with Crippen LogP contribution < -0.4 is 0 Å². The van der Waals surface area contributed by atoms with Crippen LogP contribution in [0.4, 0.5) is 0 Å². The molecule has 0 saturated heterocycles. The largest absolute Gasteiger partial charge is 0.506 e. The van der Waals surface area contributed by atoms with Crippen LogP contribution in [0.5, 0.6) is 5.75 Å². The first-order chi connectivity index (χ1) is 5.25. The minimum Gasteiger partial charge on any atom is -0.506 e. The molecule has 60 valence electrons. The van der Waals surface area contributed by atoms with Crippen molar-refractivity contribution in [1.82, 2.24) is 0 Å². The molecule has 1 aromatic carbocycles. The fourth-order valence-corrected chi connectivity index (χ4v) is 1.44. The number of aromatic hydroxyl groups is 1. The molecule has 0 aliphatic rings. The molecule has 11 heavy (non-hydrogen) atoms. The van der Waals surface area contributed by atoms with E-state index >= 15 is 0 Å². The summed E-state index contributed by atoms with van der Waals surface area (Å²) in [6.45, 7) is 2.10. The third kappa shape index (κ3) is 1.96. The quantitative estimate of drug-likeness (QED) is 0.803. The zero-order chi connectivity index (χ0) is 8.27. The number of halogens is 1. The van der Waals surface area contributed by atoms with Gasteiger partial charge in [-0.15, -0.1) is 0 Å². The average Bonchev–Trinajstić information content (AvgIpc) is 1.99. The van der Waals surface area contributed by atoms with Crippen LogP contribution in [0.15, 0.2) is 22.7 Å². The Labute approximate surface area is 75.2 Å². The molecule has 0 fully saturated rings. The summed E-state index contributed by atoms with van der Waals surface area (Å²) in [5, 5.41) is 9.48. The summed E-state index contributed by atoms with van der Waals surface area (Å²) in [5.74, 6) is 0.384. The summed E-state index contributed by atoms with van der Waals surface area (Å²) in [4.78, 5) is 0. The van der Waals surface area contributed by atoms with E-state index < -0.39 is 0 Å². The Bertz CT molecular complexity index is 245. The van der Waals surface area contributed by atoms with Crippen molar-refractivity contribution in [2.75, 3.05) is 0 Å². The molecule has 0 atom stereocenters. The van der Waals surface area contributed by atoms with Gasteiger partial charge in [0.1, 0.15) is 5.75 Å². The molecule has 0 amide bonds. The maximum atomic E-state index is 9.48. The van der Waals surface area contributed by atoms with E-state index in [9.17, 15) is 5.11 Å². The second-order valence-corrected chi connectivity index (χ2v) is 3.35. The Balaban J connectivity index is 2.96. The average molecular weight is 215 g/mol. The van der Waals surface area contributed by atoms with Gasteiger partial charge in [-0.2, -0.15) is 0 Å². The number of benzene rings is 1. The topological polar surface area (TPSA) is 20.2 Å². The molecule has 2 heteroatoms.